The first kappa shape index (κ1) is 13.2. The van der Waals surface area contributed by atoms with Crippen molar-refractivity contribution in [3.05, 3.63) is 29.8 Å². The van der Waals surface area contributed by atoms with Gasteiger partial charge in [-0.1, -0.05) is 12.1 Å². The highest BCUT2D eigenvalue weighted by atomic mass is 16.4. The molecule has 0 radical (unpaired) electrons. The zero-order valence-corrected chi connectivity index (χ0v) is 11.5. The Morgan fingerprint density at radius 3 is 2.55 bits per heavy atom. The van der Waals surface area contributed by atoms with Gasteiger partial charge in [-0.3, -0.25) is 4.79 Å². The van der Waals surface area contributed by atoms with Crippen LogP contribution in [-0.4, -0.2) is 11.9 Å². The number of carbonyl (C=O) groups is 2. The molecule has 4 heteroatoms. The van der Waals surface area contributed by atoms with Crippen molar-refractivity contribution in [1.82, 2.24) is 0 Å². The number of carboxylic acids is 1. The van der Waals surface area contributed by atoms with Crippen LogP contribution in [0.25, 0.3) is 0 Å². The zero-order chi connectivity index (χ0) is 14.3. The Bertz CT molecular complexity index is 554. The summed E-state index contributed by atoms with van der Waals surface area (Å²) in [5, 5.41) is 14.2. The normalized spacial score (nSPS) is 31.2. The molecule has 0 aromatic heterocycles. The van der Waals surface area contributed by atoms with Gasteiger partial charge in [0.1, 0.15) is 0 Å². The van der Waals surface area contributed by atoms with Gasteiger partial charge in [0.05, 0.1) is 0 Å². The minimum Gasteiger partial charge on any atom is -0.550 e. The number of nitrogens with one attached hydrogen (secondary N) is 1. The van der Waals surface area contributed by atoms with Gasteiger partial charge >= 0.3 is 0 Å². The fourth-order valence-electron chi connectivity index (χ4n) is 3.96. The largest absolute Gasteiger partial charge is 0.550 e. The smallest absolute Gasteiger partial charge is 0.228 e. The van der Waals surface area contributed by atoms with Crippen LogP contribution in [0.2, 0.25) is 0 Å². The van der Waals surface area contributed by atoms with E-state index in [0.29, 0.717) is 0 Å². The maximum Gasteiger partial charge on any atom is 0.228 e. The number of anilines is 1. The summed E-state index contributed by atoms with van der Waals surface area (Å²) in [6.07, 6.45) is 2.72. The first-order chi connectivity index (χ1) is 9.56. The molecule has 20 heavy (non-hydrogen) atoms. The van der Waals surface area contributed by atoms with Gasteiger partial charge in [0.15, 0.2) is 0 Å². The number of amides is 1. The molecule has 2 aliphatic carbocycles. The Hall–Kier alpha value is -1.84. The fraction of sp³-hybridized carbons (Fsp3) is 0.500. The summed E-state index contributed by atoms with van der Waals surface area (Å²) in [6, 6.07) is 7.55. The Balaban J connectivity index is 1.78. The van der Waals surface area contributed by atoms with Crippen LogP contribution in [0.15, 0.2) is 24.3 Å². The average Bonchev–Trinajstić information content (AvgIpc) is 2.98. The Morgan fingerprint density at radius 2 is 1.90 bits per heavy atom. The standard InChI is InChI=1S/C16H19NO3/c1-9-3-2-4-12(7-9)17-15(18)13-10-5-6-11(8-10)14(13)16(19)20/h2-4,7,10-11,13-14H,5-6,8H2,1H3,(H,17,18)(H,19,20)/p-1/t10-,11-,13-,14-/m0/s1. The van der Waals surface area contributed by atoms with E-state index >= 15 is 0 Å². The van der Waals surface area contributed by atoms with Crippen LogP contribution in [-0.2, 0) is 9.59 Å². The maximum absolute atomic E-state index is 12.4. The lowest BCUT2D eigenvalue weighted by molar-refractivity contribution is -0.314. The van der Waals surface area contributed by atoms with Crippen molar-refractivity contribution in [3.63, 3.8) is 0 Å². The molecule has 0 spiro atoms. The predicted molar refractivity (Wildman–Crippen MR) is 72.6 cm³/mol. The summed E-state index contributed by atoms with van der Waals surface area (Å²) < 4.78 is 0. The van der Waals surface area contributed by atoms with Gasteiger partial charge in [-0.25, -0.2) is 0 Å². The summed E-state index contributed by atoms with van der Waals surface area (Å²) in [5.74, 6) is -1.96. The number of hydrogen-bond acceptors (Lipinski definition) is 3. The minimum atomic E-state index is -1.07. The minimum absolute atomic E-state index is 0.123. The molecule has 1 aromatic carbocycles. The van der Waals surface area contributed by atoms with Gasteiger partial charge in [0.25, 0.3) is 0 Å². The number of fused-ring (bicyclic) bond motifs is 2. The van der Waals surface area contributed by atoms with E-state index in [1.54, 1.807) is 0 Å². The lowest BCUT2D eigenvalue weighted by atomic mass is 9.78. The average molecular weight is 272 g/mol. The van der Waals surface area contributed by atoms with Crippen LogP contribution in [0.3, 0.4) is 0 Å². The second-order valence-corrected chi connectivity index (χ2v) is 6.06. The van der Waals surface area contributed by atoms with Crippen LogP contribution < -0.4 is 10.4 Å². The lowest BCUT2D eigenvalue weighted by Gasteiger charge is -2.30. The molecule has 3 rings (SSSR count). The highest BCUT2D eigenvalue weighted by Crippen LogP contribution is 2.52. The number of carbonyl (C=O) groups excluding carboxylic acids is 2. The monoisotopic (exact) mass is 272 g/mol. The Morgan fingerprint density at radius 1 is 1.20 bits per heavy atom. The molecule has 2 bridgehead atoms. The first-order valence-electron chi connectivity index (χ1n) is 7.14. The van der Waals surface area contributed by atoms with E-state index in [4.69, 9.17) is 0 Å². The van der Waals surface area contributed by atoms with Crippen molar-refractivity contribution < 1.29 is 14.7 Å². The number of carboxylic acid groups (broad SMARTS) is 1. The third-order valence-corrected chi connectivity index (χ3v) is 4.78. The van der Waals surface area contributed by atoms with Crippen molar-refractivity contribution in [3.8, 4) is 0 Å². The van der Waals surface area contributed by atoms with Gasteiger partial charge in [0, 0.05) is 23.5 Å². The molecule has 1 N–H and O–H groups in total. The summed E-state index contributed by atoms with van der Waals surface area (Å²) in [5.41, 5.74) is 1.79. The molecule has 106 valence electrons. The molecule has 1 aromatic rings. The lowest BCUT2D eigenvalue weighted by Crippen LogP contribution is -2.43. The van der Waals surface area contributed by atoms with Crippen LogP contribution in [0.5, 0.6) is 0 Å². The van der Waals surface area contributed by atoms with Gasteiger partial charge < -0.3 is 15.2 Å². The quantitative estimate of drug-likeness (QED) is 0.903. The van der Waals surface area contributed by atoms with Crippen LogP contribution in [0.1, 0.15) is 24.8 Å². The van der Waals surface area contributed by atoms with E-state index in [2.05, 4.69) is 5.32 Å². The number of rotatable bonds is 3. The van der Waals surface area contributed by atoms with E-state index in [-0.39, 0.29) is 17.7 Å². The second-order valence-electron chi connectivity index (χ2n) is 6.06. The molecule has 4 nitrogen and oxygen atoms in total. The fourth-order valence-corrected chi connectivity index (χ4v) is 3.96. The summed E-state index contributed by atoms with van der Waals surface area (Å²) >= 11 is 0. The van der Waals surface area contributed by atoms with Crippen LogP contribution >= 0.6 is 0 Å². The third-order valence-electron chi connectivity index (χ3n) is 4.78. The van der Waals surface area contributed by atoms with Crippen molar-refractivity contribution in [2.45, 2.75) is 26.2 Å². The Labute approximate surface area is 118 Å². The molecule has 0 unspecified atom stereocenters. The molecule has 2 saturated carbocycles. The number of benzene rings is 1. The van der Waals surface area contributed by atoms with E-state index in [1.807, 2.05) is 31.2 Å². The van der Waals surface area contributed by atoms with Crippen LogP contribution in [0, 0.1) is 30.6 Å². The van der Waals surface area contributed by atoms with Crippen molar-refractivity contribution in [1.29, 1.82) is 0 Å². The Kier molecular flexibility index (Phi) is 3.24. The molecule has 0 heterocycles. The molecule has 4 atom stereocenters. The summed E-state index contributed by atoms with van der Waals surface area (Å²) in [7, 11) is 0. The predicted octanol–water partition coefficient (Wildman–Crippen LogP) is 1.35. The van der Waals surface area contributed by atoms with Gasteiger partial charge in [-0.05, 0) is 55.7 Å². The van der Waals surface area contributed by atoms with E-state index in [9.17, 15) is 14.7 Å². The van der Waals surface area contributed by atoms with Gasteiger partial charge in [-0.15, -0.1) is 0 Å². The highest BCUT2D eigenvalue weighted by Gasteiger charge is 2.51. The van der Waals surface area contributed by atoms with Gasteiger partial charge in [-0.2, -0.15) is 0 Å². The topological polar surface area (TPSA) is 69.2 Å². The summed E-state index contributed by atoms with van der Waals surface area (Å²) in [6.45, 7) is 1.96. The zero-order valence-electron chi connectivity index (χ0n) is 11.5. The van der Waals surface area contributed by atoms with Crippen molar-refractivity contribution in [2.24, 2.45) is 23.7 Å². The van der Waals surface area contributed by atoms with Crippen molar-refractivity contribution in [2.75, 3.05) is 5.32 Å². The number of aryl methyl sites for hydroxylation is 1. The molecule has 2 fully saturated rings. The SMILES string of the molecule is Cc1cccc(NC(=O)[C@H]2[C@H]3CC[C@@H](C3)[C@@H]2C(=O)[O-])c1. The molecule has 1 amide bonds. The van der Waals surface area contributed by atoms with E-state index in [0.717, 1.165) is 30.5 Å². The molecule has 0 aliphatic heterocycles. The van der Waals surface area contributed by atoms with E-state index < -0.39 is 17.8 Å². The number of aliphatic carboxylic acids is 1. The third kappa shape index (κ3) is 2.19. The molecule has 0 saturated heterocycles. The first-order valence-corrected chi connectivity index (χ1v) is 7.14. The maximum atomic E-state index is 12.4. The molecular formula is C16H18NO3-. The molecule has 2 aliphatic rings. The second kappa shape index (κ2) is 4.93. The van der Waals surface area contributed by atoms with Crippen LogP contribution in [0.4, 0.5) is 5.69 Å². The van der Waals surface area contributed by atoms with E-state index in [1.165, 1.54) is 0 Å². The molecular weight excluding hydrogens is 254 g/mol. The summed E-state index contributed by atoms with van der Waals surface area (Å²) in [4.78, 5) is 23.8. The van der Waals surface area contributed by atoms with Crippen molar-refractivity contribution >= 4 is 17.6 Å². The van der Waals surface area contributed by atoms with Gasteiger partial charge in [0.2, 0.25) is 5.91 Å². The highest BCUT2D eigenvalue weighted by molar-refractivity contribution is 5.95. The number of hydrogen-bond donors (Lipinski definition) is 1.